The van der Waals surface area contributed by atoms with Gasteiger partial charge in [0.1, 0.15) is 5.75 Å². The fraction of sp³-hybridized carbons (Fsp3) is 0.632. The van der Waals surface area contributed by atoms with Gasteiger partial charge in [0.05, 0.1) is 12.7 Å². The molecule has 1 aromatic rings. The number of ether oxygens (including phenoxy) is 1. The maximum absolute atomic E-state index is 12.2. The second kappa shape index (κ2) is 7.43. The standard InChI is InChI=1S/C19H28N2O3/c1-24-16-6-4-5-14(11-16)12-17(15-7-8-15)21-18(22)20-13-19(23)9-2-3-10-19/h4-6,11,15,17,23H,2-3,7-10,12-13H2,1H3,(H2,20,21,22). The molecule has 0 spiro atoms. The first-order valence-corrected chi connectivity index (χ1v) is 8.98. The van der Waals surface area contributed by atoms with Crippen molar-refractivity contribution in [3.05, 3.63) is 29.8 Å². The molecule has 132 valence electrons. The third kappa shape index (κ3) is 4.63. The second-order valence-electron chi connectivity index (χ2n) is 7.26. The maximum Gasteiger partial charge on any atom is 0.315 e. The second-order valence-corrected chi connectivity index (χ2v) is 7.26. The van der Waals surface area contributed by atoms with Crippen LogP contribution in [0.1, 0.15) is 44.1 Å². The van der Waals surface area contributed by atoms with Crippen molar-refractivity contribution in [2.45, 2.75) is 56.6 Å². The summed E-state index contributed by atoms with van der Waals surface area (Å²) < 4.78 is 5.27. The number of hydrogen-bond donors (Lipinski definition) is 3. The summed E-state index contributed by atoms with van der Waals surface area (Å²) in [7, 11) is 1.66. The van der Waals surface area contributed by atoms with Gasteiger partial charge < -0.3 is 20.5 Å². The van der Waals surface area contributed by atoms with E-state index in [1.807, 2.05) is 18.2 Å². The third-order valence-electron chi connectivity index (χ3n) is 5.21. The quantitative estimate of drug-likeness (QED) is 0.719. The Morgan fingerprint density at radius 3 is 2.79 bits per heavy atom. The molecular weight excluding hydrogens is 304 g/mol. The van der Waals surface area contributed by atoms with Crippen LogP contribution in [0.5, 0.6) is 5.75 Å². The summed E-state index contributed by atoms with van der Waals surface area (Å²) in [6.45, 7) is 0.343. The number of methoxy groups -OCH3 is 1. The number of rotatable bonds is 7. The first kappa shape index (κ1) is 17.1. The monoisotopic (exact) mass is 332 g/mol. The number of urea groups is 1. The van der Waals surface area contributed by atoms with Crippen LogP contribution in [0.15, 0.2) is 24.3 Å². The molecule has 24 heavy (non-hydrogen) atoms. The van der Waals surface area contributed by atoms with Gasteiger partial charge in [-0.05, 0) is 55.7 Å². The van der Waals surface area contributed by atoms with Gasteiger partial charge in [0, 0.05) is 12.6 Å². The Balaban J connectivity index is 1.52. The zero-order valence-corrected chi connectivity index (χ0v) is 14.4. The Morgan fingerprint density at radius 1 is 1.38 bits per heavy atom. The molecule has 5 heteroatoms. The van der Waals surface area contributed by atoms with Crippen LogP contribution in [0.4, 0.5) is 4.79 Å². The van der Waals surface area contributed by atoms with Crippen LogP contribution in [-0.4, -0.2) is 36.4 Å². The number of nitrogens with one attached hydrogen (secondary N) is 2. The number of carbonyl (C=O) groups is 1. The minimum Gasteiger partial charge on any atom is -0.497 e. The van der Waals surface area contributed by atoms with Crippen LogP contribution in [0.25, 0.3) is 0 Å². The molecule has 2 fully saturated rings. The molecular formula is C19H28N2O3. The molecule has 0 bridgehead atoms. The third-order valence-corrected chi connectivity index (χ3v) is 5.21. The SMILES string of the molecule is COc1cccc(CC(NC(=O)NCC2(O)CCCC2)C2CC2)c1. The van der Waals surface area contributed by atoms with E-state index in [1.54, 1.807) is 7.11 Å². The average molecular weight is 332 g/mol. The predicted molar refractivity (Wildman–Crippen MR) is 93.2 cm³/mol. The van der Waals surface area contributed by atoms with Crippen molar-refractivity contribution in [2.75, 3.05) is 13.7 Å². The Bertz CT molecular complexity index is 565. The smallest absolute Gasteiger partial charge is 0.315 e. The highest BCUT2D eigenvalue weighted by Crippen LogP contribution is 2.34. The van der Waals surface area contributed by atoms with Gasteiger partial charge in [0.2, 0.25) is 0 Å². The summed E-state index contributed by atoms with van der Waals surface area (Å²) in [6, 6.07) is 7.96. The zero-order chi connectivity index (χ0) is 17.0. The number of benzene rings is 1. The van der Waals surface area contributed by atoms with Gasteiger partial charge in [-0.3, -0.25) is 0 Å². The van der Waals surface area contributed by atoms with Crippen LogP contribution in [-0.2, 0) is 6.42 Å². The molecule has 0 saturated heterocycles. The Kier molecular flexibility index (Phi) is 5.29. The number of aliphatic hydroxyl groups is 1. The topological polar surface area (TPSA) is 70.6 Å². The van der Waals surface area contributed by atoms with E-state index in [4.69, 9.17) is 4.74 Å². The van der Waals surface area contributed by atoms with Crippen molar-refractivity contribution >= 4 is 6.03 Å². The largest absolute Gasteiger partial charge is 0.497 e. The molecule has 0 aliphatic heterocycles. The lowest BCUT2D eigenvalue weighted by Gasteiger charge is -2.24. The van der Waals surface area contributed by atoms with Gasteiger partial charge in [-0.25, -0.2) is 4.79 Å². The molecule has 2 aliphatic carbocycles. The molecule has 3 N–H and O–H groups in total. The molecule has 1 unspecified atom stereocenters. The van der Waals surface area contributed by atoms with Crippen molar-refractivity contribution in [3.63, 3.8) is 0 Å². The summed E-state index contributed by atoms with van der Waals surface area (Å²) >= 11 is 0. The van der Waals surface area contributed by atoms with Gasteiger partial charge >= 0.3 is 6.03 Å². The lowest BCUT2D eigenvalue weighted by Crippen LogP contribution is -2.49. The normalized spacial score (nSPS) is 20.4. The van der Waals surface area contributed by atoms with Crippen LogP contribution in [0.3, 0.4) is 0 Å². The van der Waals surface area contributed by atoms with Crippen LogP contribution in [0, 0.1) is 5.92 Å². The minimum absolute atomic E-state index is 0.135. The molecule has 2 saturated carbocycles. The van der Waals surface area contributed by atoms with Gasteiger partial charge in [0.15, 0.2) is 0 Å². The Labute approximate surface area is 143 Å². The molecule has 2 amide bonds. The predicted octanol–water partition coefficient (Wildman–Crippen LogP) is 2.62. The molecule has 0 heterocycles. The van der Waals surface area contributed by atoms with Crippen molar-refractivity contribution < 1.29 is 14.6 Å². The molecule has 1 atom stereocenters. The van der Waals surface area contributed by atoms with Crippen LogP contribution in [0.2, 0.25) is 0 Å². The van der Waals surface area contributed by atoms with Crippen molar-refractivity contribution in [2.24, 2.45) is 5.92 Å². The summed E-state index contributed by atoms with van der Waals surface area (Å²) in [6.07, 6.45) is 6.78. The van der Waals surface area contributed by atoms with E-state index in [0.717, 1.165) is 37.9 Å². The van der Waals surface area contributed by atoms with E-state index in [-0.39, 0.29) is 12.1 Å². The number of hydrogen-bond acceptors (Lipinski definition) is 3. The lowest BCUT2D eigenvalue weighted by molar-refractivity contribution is 0.0500. The van der Waals surface area contributed by atoms with Crippen molar-refractivity contribution in [1.82, 2.24) is 10.6 Å². The van der Waals surface area contributed by atoms with Gasteiger partial charge in [-0.1, -0.05) is 25.0 Å². The fourth-order valence-corrected chi connectivity index (χ4v) is 3.56. The summed E-state index contributed by atoms with van der Waals surface area (Å²) in [5, 5.41) is 16.3. The molecule has 1 aromatic carbocycles. The Morgan fingerprint density at radius 2 is 2.12 bits per heavy atom. The van der Waals surface area contributed by atoms with E-state index in [0.29, 0.717) is 12.5 Å². The van der Waals surface area contributed by atoms with E-state index in [2.05, 4.69) is 16.7 Å². The molecule has 0 aromatic heterocycles. The van der Waals surface area contributed by atoms with Crippen molar-refractivity contribution in [1.29, 1.82) is 0 Å². The molecule has 0 radical (unpaired) electrons. The first-order valence-electron chi connectivity index (χ1n) is 8.98. The van der Waals surface area contributed by atoms with Gasteiger partial charge in [0.25, 0.3) is 0 Å². The molecule has 5 nitrogen and oxygen atoms in total. The fourth-order valence-electron chi connectivity index (χ4n) is 3.56. The van der Waals surface area contributed by atoms with E-state index < -0.39 is 5.60 Å². The minimum atomic E-state index is -0.709. The highest BCUT2D eigenvalue weighted by molar-refractivity contribution is 5.74. The van der Waals surface area contributed by atoms with Gasteiger partial charge in [-0.15, -0.1) is 0 Å². The highest BCUT2D eigenvalue weighted by Gasteiger charge is 2.34. The van der Waals surface area contributed by atoms with Crippen molar-refractivity contribution in [3.8, 4) is 5.75 Å². The first-order chi connectivity index (χ1) is 11.6. The maximum atomic E-state index is 12.2. The number of amides is 2. The zero-order valence-electron chi connectivity index (χ0n) is 14.4. The van der Waals surface area contributed by atoms with E-state index in [9.17, 15) is 9.90 Å². The number of carbonyl (C=O) groups excluding carboxylic acids is 1. The average Bonchev–Trinajstić information content (AvgIpc) is 3.34. The van der Waals surface area contributed by atoms with Gasteiger partial charge in [-0.2, -0.15) is 0 Å². The summed E-state index contributed by atoms with van der Waals surface area (Å²) in [4.78, 5) is 12.2. The Hall–Kier alpha value is -1.75. The summed E-state index contributed by atoms with van der Waals surface area (Å²) in [5.74, 6) is 1.39. The molecule has 2 aliphatic rings. The van der Waals surface area contributed by atoms with E-state index in [1.165, 1.54) is 18.4 Å². The highest BCUT2D eigenvalue weighted by atomic mass is 16.5. The molecule has 3 rings (SSSR count). The summed E-state index contributed by atoms with van der Waals surface area (Å²) in [5.41, 5.74) is 0.458. The van der Waals surface area contributed by atoms with Crippen LogP contribution < -0.4 is 15.4 Å². The lowest BCUT2D eigenvalue weighted by atomic mass is 10.0. The van der Waals surface area contributed by atoms with E-state index >= 15 is 0 Å². The van der Waals surface area contributed by atoms with Crippen LogP contribution >= 0.6 is 0 Å².